The summed E-state index contributed by atoms with van der Waals surface area (Å²) in [5.41, 5.74) is 2.66. The van der Waals surface area contributed by atoms with Crippen molar-refractivity contribution in [1.82, 2.24) is 9.80 Å². The molecule has 148 valence electrons. The first-order chi connectivity index (χ1) is 13.2. The van der Waals surface area contributed by atoms with E-state index in [2.05, 4.69) is 31.2 Å². The first kappa shape index (κ1) is 19.9. The van der Waals surface area contributed by atoms with E-state index in [0.29, 0.717) is 6.42 Å². The van der Waals surface area contributed by atoms with Crippen LogP contribution in [0.5, 0.6) is 0 Å². The summed E-state index contributed by atoms with van der Waals surface area (Å²) >= 11 is 0. The van der Waals surface area contributed by atoms with Gasteiger partial charge in [0.25, 0.3) is 0 Å². The summed E-state index contributed by atoms with van der Waals surface area (Å²) in [6.07, 6.45) is 9.16. The maximum absolute atomic E-state index is 12.9. The van der Waals surface area contributed by atoms with Gasteiger partial charge in [-0.1, -0.05) is 56.9 Å². The van der Waals surface area contributed by atoms with E-state index in [-0.39, 0.29) is 17.7 Å². The summed E-state index contributed by atoms with van der Waals surface area (Å²) in [5, 5.41) is 0. The highest BCUT2D eigenvalue weighted by Gasteiger charge is 2.31. The zero-order valence-electron chi connectivity index (χ0n) is 16.8. The zero-order valence-corrected chi connectivity index (χ0v) is 16.8. The average molecular weight is 371 g/mol. The van der Waals surface area contributed by atoms with Crippen LogP contribution >= 0.6 is 0 Å². The van der Waals surface area contributed by atoms with E-state index in [9.17, 15) is 9.59 Å². The Bertz CT molecular complexity index is 635. The molecule has 2 amide bonds. The summed E-state index contributed by atoms with van der Waals surface area (Å²) in [5.74, 6) is 0.657. The molecule has 1 aromatic rings. The molecule has 0 atom stereocenters. The quantitative estimate of drug-likeness (QED) is 0.676. The van der Waals surface area contributed by atoms with Crippen molar-refractivity contribution in [2.75, 3.05) is 19.6 Å². The molecule has 0 N–H and O–H groups in total. The van der Waals surface area contributed by atoms with Crippen molar-refractivity contribution in [3.63, 3.8) is 0 Å². The molecule has 4 heteroatoms. The standard InChI is InChI=1S/C23H34N2O2/c1-2-3-4-5-6-11-22(26)24-15-13-20(14-16-24)23(27)25-17-12-19-9-7-8-10-21(19)18-25/h7-10,20H,2-6,11-18H2,1H3. The van der Waals surface area contributed by atoms with Crippen LogP contribution in [0, 0.1) is 5.92 Å². The summed E-state index contributed by atoms with van der Waals surface area (Å²) in [6, 6.07) is 8.44. The van der Waals surface area contributed by atoms with Gasteiger partial charge in [-0.15, -0.1) is 0 Å². The molecule has 0 saturated carbocycles. The lowest BCUT2D eigenvalue weighted by Gasteiger charge is -2.36. The van der Waals surface area contributed by atoms with Crippen LogP contribution in [-0.2, 0) is 22.6 Å². The number of amides is 2. The SMILES string of the molecule is CCCCCCCC(=O)N1CCC(C(=O)N2CCc3ccccc3C2)CC1. The van der Waals surface area contributed by atoms with Crippen LogP contribution in [0.1, 0.15) is 69.4 Å². The Morgan fingerprint density at radius 1 is 0.926 bits per heavy atom. The molecular formula is C23H34N2O2. The van der Waals surface area contributed by atoms with Crippen LogP contribution in [0.25, 0.3) is 0 Å². The molecule has 2 aliphatic rings. The monoisotopic (exact) mass is 370 g/mol. The molecule has 0 spiro atoms. The molecule has 0 bridgehead atoms. The Morgan fingerprint density at radius 2 is 1.63 bits per heavy atom. The fourth-order valence-electron chi connectivity index (χ4n) is 4.36. The fourth-order valence-corrected chi connectivity index (χ4v) is 4.36. The first-order valence-electron chi connectivity index (χ1n) is 10.8. The van der Waals surface area contributed by atoms with Crippen LogP contribution in [0.3, 0.4) is 0 Å². The van der Waals surface area contributed by atoms with Gasteiger partial charge in [0.2, 0.25) is 11.8 Å². The third-order valence-electron chi connectivity index (χ3n) is 6.13. The van der Waals surface area contributed by atoms with Crippen LogP contribution in [0.4, 0.5) is 0 Å². The molecule has 1 saturated heterocycles. The van der Waals surface area contributed by atoms with Crippen LogP contribution < -0.4 is 0 Å². The second kappa shape index (κ2) is 9.91. The number of hydrogen-bond donors (Lipinski definition) is 0. The van der Waals surface area contributed by atoms with Crippen molar-refractivity contribution >= 4 is 11.8 Å². The van der Waals surface area contributed by atoms with Gasteiger partial charge in [-0.25, -0.2) is 0 Å². The molecule has 4 nitrogen and oxygen atoms in total. The smallest absolute Gasteiger partial charge is 0.226 e. The average Bonchev–Trinajstić information content (AvgIpc) is 2.72. The Kier molecular flexibility index (Phi) is 7.31. The predicted octanol–water partition coefficient (Wildman–Crippen LogP) is 4.17. The van der Waals surface area contributed by atoms with Gasteiger partial charge in [0.15, 0.2) is 0 Å². The van der Waals surface area contributed by atoms with Gasteiger partial charge in [0.05, 0.1) is 0 Å². The van der Waals surface area contributed by atoms with Crippen LogP contribution in [0.15, 0.2) is 24.3 Å². The second-order valence-corrected chi connectivity index (χ2v) is 8.10. The zero-order chi connectivity index (χ0) is 19.1. The van der Waals surface area contributed by atoms with E-state index in [4.69, 9.17) is 0 Å². The van der Waals surface area contributed by atoms with E-state index in [0.717, 1.165) is 58.3 Å². The maximum Gasteiger partial charge on any atom is 0.226 e. The summed E-state index contributed by atoms with van der Waals surface area (Å²) in [7, 11) is 0. The minimum absolute atomic E-state index is 0.0869. The Hall–Kier alpha value is -1.84. The maximum atomic E-state index is 12.9. The van der Waals surface area contributed by atoms with E-state index >= 15 is 0 Å². The van der Waals surface area contributed by atoms with Crippen LogP contribution in [0.2, 0.25) is 0 Å². The number of likely N-dealkylation sites (tertiary alicyclic amines) is 1. The number of carbonyl (C=O) groups is 2. The molecule has 0 aliphatic carbocycles. The van der Waals surface area contributed by atoms with Crippen molar-refractivity contribution in [2.24, 2.45) is 5.92 Å². The van der Waals surface area contributed by atoms with Crippen molar-refractivity contribution in [2.45, 2.75) is 71.3 Å². The van der Waals surface area contributed by atoms with Gasteiger partial charge in [-0.2, -0.15) is 0 Å². The lowest BCUT2D eigenvalue weighted by atomic mass is 9.93. The Morgan fingerprint density at radius 3 is 2.37 bits per heavy atom. The van der Waals surface area contributed by atoms with Gasteiger partial charge in [0.1, 0.15) is 0 Å². The molecule has 1 fully saturated rings. The Balaban J connectivity index is 1.41. The molecule has 2 heterocycles. The summed E-state index contributed by atoms with van der Waals surface area (Å²) in [4.78, 5) is 29.3. The van der Waals surface area contributed by atoms with E-state index < -0.39 is 0 Å². The normalized spacial score (nSPS) is 17.7. The third-order valence-corrected chi connectivity index (χ3v) is 6.13. The van der Waals surface area contributed by atoms with Crippen LogP contribution in [-0.4, -0.2) is 41.2 Å². The van der Waals surface area contributed by atoms with Crippen molar-refractivity contribution in [3.8, 4) is 0 Å². The number of hydrogen-bond acceptors (Lipinski definition) is 2. The topological polar surface area (TPSA) is 40.6 Å². The lowest BCUT2D eigenvalue weighted by molar-refractivity contribution is -0.141. The molecule has 3 rings (SSSR count). The number of unbranched alkanes of at least 4 members (excludes halogenated alkanes) is 4. The van der Waals surface area contributed by atoms with Gasteiger partial charge < -0.3 is 9.80 Å². The highest BCUT2D eigenvalue weighted by molar-refractivity contribution is 5.80. The first-order valence-corrected chi connectivity index (χ1v) is 10.8. The lowest BCUT2D eigenvalue weighted by Crippen LogP contribution is -2.45. The fraction of sp³-hybridized carbons (Fsp3) is 0.652. The Labute approximate surface area is 163 Å². The molecule has 0 radical (unpaired) electrons. The molecule has 0 unspecified atom stereocenters. The summed E-state index contributed by atoms with van der Waals surface area (Å²) in [6.45, 7) is 5.27. The van der Waals surface area contributed by atoms with Gasteiger partial charge in [-0.3, -0.25) is 9.59 Å². The second-order valence-electron chi connectivity index (χ2n) is 8.10. The number of rotatable bonds is 7. The van der Waals surface area contributed by atoms with Gasteiger partial charge >= 0.3 is 0 Å². The van der Waals surface area contributed by atoms with E-state index in [1.165, 1.54) is 30.4 Å². The van der Waals surface area contributed by atoms with Gasteiger partial charge in [-0.05, 0) is 36.8 Å². The number of benzene rings is 1. The molecule has 1 aromatic carbocycles. The van der Waals surface area contributed by atoms with Crippen molar-refractivity contribution < 1.29 is 9.59 Å². The number of fused-ring (bicyclic) bond motifs is 1. The largest absolute Gasteiger partial charge is 0.343 e. The highest BCUT2D eigenvalue weighted by atomic mass is 16.2. The minimum Gasteiger partial charge on any atom is -0.343 e. The van der Waals surface area contributed by atoms with E-state index in [1.54, 1.807) is 0 Å². The molecule has 27 heavy (non-hydrogen) atoms. The highest BCUT2D eigenvalue weighted by Crippen LogP contribution is 2.25. The third kappa shape index (κ3) is 5.33. The minimum atomic E-state index is 0.0869. The molecule has 0 aromatic heterocycles. The van der Waals surface area contributed by atoms with Crippen molar-refractivity contribution in [1.29, 1.82) is 0 Å². The summed E-state index contributed by atoms with van der Waals surface area (Å²) < 4.78 is 0. The number of nitrogens with zero attached hydrogens (tertiary/aromatic N) is 2. The number of piperidine rings is 1. The van der Waals surface area contributed by atoms with Crippen molar-refractivity contribution in [3.05, 3.63) is 35.4 Å². The number of carbonyl (C=O) groups excluding carboxylic acids is 2. The van der Waals surface area contributed by atoms with Gasteiger partial charge in [0, 0.05) is 38.5 Å². The van der Waals surface area contributed by atoms with E-state index in [1.807, 2.05) is 9.80 Å². The molecule has 2 aliphatic heterocycles. The predicted molar refractivity (Wildman–Crippen MR) is 108 cm³/mol. The molecular weight excluding hydrogens is 336 g/mol.